The van der Waals surface area contributed by atoms with Crippen molar-refractivity contribution in [2.24, 2.45) is 10.2 Å². The van der Waals surface area contributed by atoms with Gasteiger partial charge in [0.2, 0.25) is 0 Å². The molecular formula is C14H15N3O6S2. The van der Waals surface area contributed by atoms with Gasteiger partial charge in [0.05, 0.1) is 22.0 Å². The van der Waals surface area contributed by atoms with Crippen LogP contribution in [0.4, 0.5) is 17.1 Å². The van der Waals surface area contributed by atoms with Crippen molar-refractivity contribution in [2.75, 3.05) is 19.0 Å². The van der Waals surface area contributed by atoms with Crippen LogP contribution in [0.25, 0.3) is 0 Å². The highest BCUT2D eigenvalue weighted by Gasteiger charge is 2.17. The van der Waals surface area contributed by atoms with E-state index in [0.29, 0.717) is 0 Å². The summed E-state index contributed by atoms with van der Waals surface area (Å²) in [5.74, 6) is 0. The van der Waals surface area contributed by atoms with Crippen LogP contribution in [0.15, 0.2) is 62.5 Å². The molecule has 0 bridgehead atoms. The van der Waals surface area contributed by atoms with Crippen molar-refractivity contribution >= 4 is 37.3 Å². The van der Waals surface area contributed by atoms with Crippen LogP contribution >= 0.6 is 0 Å². The zero-order chi connectivity index (χ0) is 18.8. The fraction of sp³-hybridized carbons (Fsp3) is 0.143. The van der Waals surface area contributed by atoms with Gasteiger partial charge in [0.25, 0.3) is 20.2 Å². The van der Waals surface area contributed by atoms with Gasteiger partial charge in [-0.05, 0) is 36.4 Å². The summed E-state index contributed by atoms with van der Waals surface area (Å²) in [6.45, 7) is 0. The summed E-state index contributed by atoms with van der Waals surface area (Å²) >= 11 is 0. The molecule has 0 fully saturated rings. The van der Waals surface area contributed by atoms with E-state index < -0.39 is 20.2 Å². The van der Waals surface area contributed by atoms with E-state index in [1.165, 1.54) is 35.2 Å². The van der Waals surface area contributed by atoms with Gasteiger partial charge >= 0.3 is 0 Å². The van der Waals surface area contributed by atoms with Crippen LogP contribution < -0.4 is 4.90 Å². The molecular weight excluding hydrogens is 370 g/mol. The summed E-state index contributed by atoms with van der Waals surface area (Å²) in [4.78, 5) is 0.839. The van der Waals surface area contributed by atoms with Gasteiger partial charge < -0.3 is 4.90 Å². The van der Waals surface area contributed by atoms with Crippen LogP contribution in [-0.4, -0.2) is 40.0 Å². The summed E-state index contributed by atoms with van der Waals surface area (Å²) in [7, 11) is -5.60. The summed E-state index contributed by atoms with van der Waals surface area (Å²) in [6, 6.07) is 9.20. The minimum atomic E-state index is -4.47. The fourth-order valence-corrected chi connectivity index (χ4v) is 3.27. The van der Waals surface area contributed by atoms with E-state index in [-0.39, 0.29) is 26.9 Å². The van der Waals surface area contributed by atoms with Crippen LogP contribution in [0.5, 0.6) is 0 Å². The quantitative estimate of drug-likeness (QED) is 0.596. The molecule has 0 aromatic heterocycles. The fourth-order valence-electron chi connectivity index (χ4n) is 1.96. The van der Waals surface area contributed by atoms with Crippen molar-refractivity contribution in [2.45, 2.75) is 9.79 Å². The lowest BCUT2D eigenvalue weighted by Gasteiger charge is -2.15. The zero-order valence-electron chi connectivity index (χ0n) is 13.2. The summed E-state index contributed by atoms with van der Waals surface area (Å²) in [5, 5.41) is 7.64. The maximum absolute atomic E-state index is 11.5. The molecule has 0 aliphatic heterocycles. The van der Waals surface area contributed by atoms with Gasteiger partial charge in [0.1, 0.15) is 4.90 Å². The molecule has 0 heterocycles. The Morgan fingerprint density at radius 2 is 1.44 bits per heavy atom. The Kier molecular flexibility index (Phi) is 5.23. The molecule has 0 spiro atoms. The number of azo groups is 1. The monoisotopic (exact) mass is 385 g/mol. The number of nitrogens with zero attached hydrogens (tertiary/aromatic N) is 3. The second kappa shape index (κ2) is 6.88. The SMILES string of the molecule is CN(C)c1ccc(N=Nc2cccc(S(=O)(=O)O)c2)cc1S(=O)(=O)O. The molecule has 0 radical (unpaired) electrons. The first-order valence-corrected chi connectivity index (χ1v) is 9.64. The standard InChI is InChI=1S/C14H15N3O6S2/c1-17(2)13-7-6-11(9-14(13)25(21,22)23)16-15-10-4-3-5-12(8-10)24(18,19)20/h3-9H,1-2H3,(H,18,19,20)(H,21,22,23). The highest BCUT2D eigenvalue weighted by Crippen LogP contribution is 2.29. The molecule has 0 aliphatic carbocycles. The summed E-state index contributed by atoms with van der Waals surface area (Å²) in [6.07, 6.45) is 0. The van der Waals surface area contributed by atoms with Gasteiger partial charge in [-0.2, -0.15) is 27.1 Å². The lowest BCUT2D eigenvalue weighted by Crippen LogP contribution is -2.13. The third-order valence-corrected chi connectivity index (χ3v) is 4.83. The molecule has 134 valence electrons. The van der Waals surface area contributed by atoms with E-state index in [2.05, 4.69) is 10.2 Å². The van der Waals surface area contributed by atoms with E-state index in [1.54, 1.807) is 14.1 Å². The predicted octanol–water partition coefficient (Wildman–Crippen LogP) is 2.66. The molecule has 0 amide bonds. The van der Waals surface area contributed by atoms with Crippen LogP contribution in [0.1, 0.15) is 0 Å². The number of hydrogen-bond acceptors (Lipinski definition) is 7. The highest BCUT2D eigenvalue weighted by atomic mass is 32.2. The Balaban J connectivity index is 2.43. The van der Waals surface area contributed by atoms with Crippen molar-refractivity contribution in [3.05, 3.63) is 42.5 Å². The van der Waals surface area contributed by atoms with Crippen molar-refractivity contribution in [1.82, 2.24) is 0 Å². The smallest absolute Gasteiger partial charge is 0.296 e. The van der Waals surface area contributed by atoms with Crippen molar-refractivity contribution in [3.63, 3.8) is 0 Å². The Morgan fingerprint density at radius 3 is 1.96 bits per heavy atom. The van der Waals surface area contributed by atoms with E-state index >= 15 is 0 Å². The molecule has 2 aromatic rings. The van der Waals surface area contributed by atoms with Gasteiger partial charge in [0, 0.05) is 14.1 Å². The lowest BCUT2D eigenvalue weighted by atomic mass is 10.2. The van der Waals surface area contributed by atoms with Crippen molar-refractivity contribution in [3.8, 4) is 0 Å². The van der Waals surface area contributed by atoms with Gasteiger partial charge in [-0.25, -0.2) is 0 Å². The Bertz CT molecular complexity index is 1030. The van der Waals surface area contributed by atoms with Crippen LogP contribution in [-0.2, 0) is 20.2 Å². The number of rotatable bonds is 5. The maximum Gasteiger partial charge on any atom is 0.296 e. The van der Waals surface area contributed by atoms with E-state index in [1.807, 2.05) is 0 Å². The molecule has 2 aromatic carbocycles. The van der Waals surface area contributed by atoms with E-state index in [9.17, 15) is 21.4 Å². The van der Waals surface area contributed by atoms with Crippen LogP contribution in [0.3, 0.4) is 0 Å². The first kappa shape index (κ1) is 19.0. The Hall–Kier alpha value is -2.34. The molecule has 9 nitrogen and oxygen atoms in total. The van der Waals surface area contributed by atoms with E-state index in [4.69, 9.17) is 4.55 Å². The molecule has 11 heteroatoms. The molecule has 0 saturated carbocycles. The zero-order valence-corrected chi connectivity index (χ0v) is 14.9. The van der Waals surface area contributed by atoms with Gasteiger partial charge in [-0.15, -0.1) is 0 Å². The Labute approximate surface area is 145 Å². The third kappa shape index (κ3) is 4.82. The largest absolute Gasteiger partial charge is 0.377 e. The van der Waals surface area contributed by atoms with Crippen LogP contribution in [0.2, 0.25) is 0 Å². The molecule has 0 saturated heterocycles. The second-order valence-electron chi connectivity index (χ2n) is 5.19. The average Bonchev–Trinajstić information content (AvgIpc) is 2.51. The topological polar surface area (TPSA) is 137 Å². The maximum atomic E-state index is 11.5. The predicted molar refractivity (Wildman–Crippen MR) is 91.0 cm³/mol. The summed E-state index contributed by atoms with van der Waals surface area (Å²) < 4.78 is 63.5. The number of hydrogen-bond donors (Lipinski definition) is 2. The molecule has 0 aliphatic rings. The van der Waals surface area contributed by atoms with Crippen molar-refractivity contribution < 1.29 is 25.9 Å². The number of anilines is 1. The summed E-state index contributed by atoms with van der Waals surface area (Å²) in [5.41, 5.74) is 0.547. The second-order valence-corrected chi connectivity index (χ2v) is 8.01. The van der Waals surface area contributed by atoms with Gasteiger partial charge in [0.15, 0.2) is 0 Å². The normalized spacial score (nSPS) is 12.5. The number of benzene rings is 2. The third-order valence-electron chi connectivity index (χ3n) is 3.10. The van der Waals surface area contributed by atoms with Crippen LogP contribution in [0, 0.1) is 0 Å². The first-order chi connectivity index (χ1) is 11.5. The lowest BCUT2D eigenvalue weighted by molar-refractivity contribution is 0.481. The van der Waals surface area contributed by atoms with Gasteiger partial charge in [-0.3, -0.25) is 9.11 Å². The first-order valence-electron chi connectivity index (χ1n) is 6.76. The minimum Gasteiger partial charge on any atom is -0.377 e. The molecule has 0 atom stereocenters. The molecule has 2 rings (SSSR count). The van der Waals surface area contributed by atoms with E-state index in [0.717, 1.165) is 12.1 Å². The highest BCUT2D eigenvalue weighted by molar-refractivity contribution is 7.86. The Morgan fingerprint density at radius 1 is 0.840 bits per heavy atom. The molecule has 2 N–H and O–H groups in total. The van der Waals surface area contributed by atoms with Gasteiger partial charge in [-0.1, -0.05) is 6.07 Å². The molecule has 0 unspecified atom stereocenters. The molecule has 25 heavy (non-hydrogen) atoms. The minimum absolute atomic E-state index is 0.135. The average molecular weight is 385 g/mol. The van der Waals surface area contributed by atoms with Crippen molar-refractivity contribution in [1.29, 1.82) is 0 Å².